The minimum absolute atomic E-state index is 0.0740. The van der Waals surface area contributed by atoms with Crippen molar-refractivity contribution in [2.24, 2.45) is 0 Å². The van der Waals surface area contributed by atoms with E-state index in [4.69, 9.17) is 16.3 Å². The fourth-order valence-electron chi connectivity index (χ4n) is 4.11. The summed E-state index contributed by atoms with van der Waals surface area (Å²) in [6.45, 7) is 19.6. The SMILES string of the molecule is C=CC(Cl)C/C=C(\C)C(C(C)c1ccc(C)cc1)N(C)C(=C)c1cc(C)ccc1OCC. The van der Waals surface area contributed by atoms with Crippen molar-refractivity contribution in [1.82, 2.24) is 4.90 Å². The first-order valence-electron chi connectivity index (χ1n) is 11.3. The van der Waals surface area contributed by atoms with Crippen LogP contribution in [-0.4, -0.2) is 30.0 Å². The van der Waals surface area contributed by atoms with Crippen LogP contribution in [0.25, 0.3) is 5.70 Å². The molecule has 0 radical (unpaired) electrons. The summed E-state index contributed by atoms with van der Waals surface area (Å²) < 4.78 is 5.92. The molecule has 172 valence electrons. The standard InChI is InChI=1S/C29H38ClNO/c1-9-26(30)17-14-22(5)29(23(6)25-15-11-20(3)12-16-25)31(8)24(7)27-19-21(4)13-18-28(27)32-10-2/h9,11-16,18-19,23,26,29H,1,7,10,17H2,2-6,8H3/b22-14+. The summed E-state index contributed by atoms with van der Waals surface area (Å²) in [6, 6.07) is 15.2. The molecule has 0 aliphatic carbocycles. The van der Waals surface area contributed by atoms with Gasteiger partial charge in [0.2, 0.25) is 0 Å². The number of benzene rings is 2. The van der Waals surface area contributed by atoms with Crippen molar-refractivity contribution in [1.29, 1.82) is 0 Å². The van der Waals surface area contributed by atoms with Gasteiger partial charge >= 0.3 is 0 Å². The van der Waals surface area contributed by atoms with Crippen LogP contribution in [0.3, 0.4) is 0 Å². The van der Waals surface area contributed by atoms with Crippen LogP contribution in [0.1, 0.15) is 55.4 Å². The van der Waals surface area contributed by atoms with E-state index in [1.165, 1.54) is 22.3 Å². The number of hydrogen-bond acceptors (Lipinski definition) is 2. The number of rotatable bonds is 11. The zero-order valence-corrected chi connectivity index (χ0v) is 21.2. The molecular formula is C29H38ClNO. The molecule has 3 unspecified atom stereocenters. The molecule has 0 amide bonds. The molecule has 0 aliphatic heterocycles. The second-order valence-corrected chi connectivity index (χ2v) is 9.13. The van der Waals surface area contributed by atoms with E-state index in [2.05, 4.69) is 95.3 Å². The zero-order valence-electron chi connectivity index (χ0n) is 20.5. The maximum Gasteiger partial charge on any atom is 0.128 e. The quantitative estimate of drug-likeness (QED) is 0.254. The monoisotopic (exact) mass is 451 g/mol. The van der Waals surface area contributed by atoms with Crippen molar-refractivity contribution in [3.05, 3.63) is 95.6 Å². The van der Waals surface area contributed by atoms with Crippen LogP contribution < -0.4 is 4.74 Å². The van der Waals surface area contributed by atoms with Crippen molar-refractivity contribution in [3.8, 4) is 5.75 Å². The number of ether oxygens (including phenoxy) is 1. The molecule has 0 saturated carbocycles. The van der Waals surface area contributed by atoms with E-state index in [9.17, 15) is 0 Å². The van der Waals surface area contributed by atoms with Crippen LogP contribution in [0.4, 0.5) is 0 Å². The van der Waals surface area contributed by atoms with Crippen molar-refractivity contribution < 1.29 is 4.74 Å². The summed E-state index contributed by atoms with van der Waals surface area (Å²) in [5, 5.41) is -0.0740. The molecule has 3 heteroatoms. The molecule has 0 aromatic heterocycles. The highest BCUT2D eigenvalue weighted by Crippen LogP contribution is 2.35. The summed E-state index contributed by atoms with van der Waals surface area (Å²) in [5.74, 6) is 1.12. The predicted molar refractivity (Wildman–Crippen MR) is 141 cm³/mol. The number of alkyl halides is 1. The van der Waals surface area contributed by atoms with Crippen molar-refractivity contribution >= 4 is 17.3 Å². The predicted octanol–water partition coefficient (Wildman–Crippen LogP) is 7.91. The van der Waals surface area contributed by atoms with Gasteiger partial charge in [0.25, 0.3) is 0 Å². The molecule has 0 fully saturated rings. The molecule has 0 spiro atoms. The summed E-state index contributed by atoms with van der Waals surface area (Å²) in [7, 11) is 2.12. The van der Waals surface area contributed by atoms with E-state index < -0.39 is 0 Å². The molecular weight excluding hydrogens is 414 g/mol. The number of likely N-dealkylation sites (N-methyl/N-ethyl adjacent to an activating group) is 1. The molecule has 2 rings (SSSR count). The van der Waals surface area contributed by atoms with E-state index in [1.807, 2.05) is 13.0 Å². The minimum atomic E-state index is -0.0740. The summed E-state index contributed by atoms with van der Waals surface area (Å²) in [5.41, 5.74) is 6.99. The molecule has 0 bridgehead atoms. The van der Waals surface area contributed by atoms with Gasteiger partial charge in [0.15, 0.2) is 0 Å². The first kappa shape index (κ1) is 25.8. The van der Waals surface area contributed by atoms with Gasteiger partial charge in [0.1, 0.15) is 5.75 Å². The molecule has 0 saturated heterocycles. The van der Waals surface area contributed by atoms with E-state index in [0.717, 1.165) is 23.4 Å². The van der Waals surface area contributed by atoms with Gasteiger partial charge in [-0.25, -0.2) is 0 Å². The number of hydrogen-bond donors (Lipinski definition) is 0. The van der Waals surface area contributed by atoms with Gasteiger partial charge in [-0.2, -0.15) is 0 Å². The van der Waals surface area contributed by atoms with Crippen LogP contribution >= 0.6 is 11.6 Å². The molecule has 2 nitrogen and oxygen atoms in total. The summed E-state index contributed by atoms with van der Waals surface area (Å²) >= 11 is 6.33. The third kappa shape index (κ3) is 6.53. The third-order valence-corrected chi connectivity index (χ3v) is 6.41. The summed E-state index contributed by atoms with van der Waals surface area (Å²) in [6.07, 6.45) is 4.77. The minimum Gasteiger partial charge on any atom is -0.493 e. The van der Waals surface area contributed by atoms with E-state index in [-0.39, 0.29) is 17.3 Å². The highest BCUT2D eigenvalue weighted by Gasteiger charge is 2.27. The fraction of sp³-hybridized carbons (Fsp3) is 0.379. The van der Waals surface area contributed by atoms with E-state index in [1.54, 1.807) is 6.08 Å². The fourth-order valence-corrected chi connectivity index (χ4v) is 4.20. The van der Waals surface area contributed by atoms with Gasteiger partial charge in [0, 0.05) is 24.2 Å². The van der Waals surface area contributed by atoms with Gasteiger partial charge in [-0.1, -0.05) is 72.7 Å². The highest BCUT2D eigenvalue weighted by atomic mass is 35.5. The average Bonchev–Trinajstić information content (AvgIpc) is 2.78. The van der Waals surface area contributed by atoms with Gasteiger partial charge in [-0.05, 0) is 51.8 Å². The maximum atomic E-state index is 6.33. The number of nitrogens with zero attached hydrogens (tertiary/aromatic N) is 1. The highest BCUT2D eigenvalue weighted by molar-refractivity contribution is 6.21. The first-order valence-corrected chi connectivity index (χ1v) is 11.8. The average molecular weight is 452 g/mol. The lowest BCUT2D eigenvalue weighted by Gasteiger charge is -2.37. The van der Waals surface area contributed by atoms with Gasteiger partial charge in [-0.15, -0.1) is 18.2 Å². The van der Waals surface area contributed by atoms with Crippen LogP contribution in [0, 0.1) is 13.8 Å². The molecule has 3 atom stereocenters. The van der Waals surface area contributed by atoms with Crippen LogP contribution in [0.15, 0.2) is 73.3 Å². The largest absolute Gasteiger partial charge is 0.493 e. The Hall–Kier alpha value is -2.45. The zero-order chi connectivity index (χ0) is 23.8. The Balaban J connectivity index is 2.48. The smallest absolute Gasteiger partial charge is 0.128 e. The summed E-state index contributed by atoms with van der Waals surface area (Å²) in [4.78, 5) is 2.28. The van der Waals surface area contributed by atoms with E-state index in [0.29, 0.717) is 6.61 Å². The molecule has 0 heterocycles. The molecule has 32 heavy (non-hydrogen) atoms. The van der Waals surface area contributed by atoms with Crippen LogP contribution in [0.2, 0.25) is 0 Å². The molecule has 0 N–H and O–H groups in total. The Labute approximate surface area is 200 Å². The van der Waals surface area contributed by atoms with Crippen LogP contribution in [-0.2, 0) is 0 Å². The Morgan fingerprint density at radius 3 is 2.34 bits per heavy atom. The topological polar surface area (TPSA) is 12.5 Å². The third-order valence-electron chi connectivity index (χ3n) is 6.05. The van der Waals surface area contributed by atoms with Crippen LogP contribution in [0.5, 0.6) is 5.75 Å². The second kappa shape index (κ2) is 12.0. The lowest BCUT2D eigenvalue weighted by Crippen LogP contribution is -2.35. The number of halogens is 1. The number of aryl methyl sites for hydroxylation is 2. The van der Waals surface area contributed by atoms with Gasteiger partial charge < -0.3 is 9.64 Å². The lowest BCUT2D eigenvalue weighted by molar-refractivity contribution is 0.328. The van der Waals surface area contributed by atoms with E-state index >= 15 is 0 Å². The Morgan fingerprint density at radius 2 is 1.75 bits per heavy atom. The van der Waals surface area contributed by atoms with Crippen molar-refractivity contribution in [2.75, 3.05) is 13.7 Å². The first-order chi connectivity index (χ1) is 15.2. The Morgan fingerprint density at radius 1 is 1.12 bits per heavy atom. The Kier molecular flexibility index (Phi) is 9.65. The lowest BCUT2D eigenvalue weighted by atomic mass is 9.86. The second-order valence-electron chi connectivity index (χ2n) is 8.57. The van der Waals surface area contributed by atoms with Crippen molar-refractivity contribution in [3.63, 3.8) is 0 Å². The maximum absolute atomic E-state index is 6.33. The van der Waals surface area contributed by atoms with Crippen molar-refractivity contribution in [2.45, 2.75) is 58.4 Å². The molecule has 0 aliphatic rings. The number of allylic oxidation sites excluding steroid dienone is 2. The van der Waals surface area contributed by atoms with Gasteiger partial charge in [-0.3, -0.25) is 0 Å². The molecule has 2 aromatic rings. The molecule has 2 aromatic carbocycles. The van der Waals surface area contributed by atoms with Gasteiger partial charge in [0.05, 0.1) is 18.0 Å². The normalized spacial score (nSPS) is 14.4. The Bertz CT molecular complexity index is 944.